The minimum Gasteiger partial charge on any atom is -0.286 e. The highest BCUT2D eigenvalue weighted by Crippen LogP contribution is 2.67. The molecule has 2 aromatic carbocycles. The fourth-order valence-electron chi connectivity index (χ4n) is 4.16. The zero-order valence-electron chi connectivity index (χ0n) is 11.6. The van der Waals surface area contributed by atoms with Gasteiger partial charge in [-0.25, -0.2) is 0 Å². The minimum absolute atomic E-state index is 0.141. The fourth-order valence-corrected chi connectivity index (χ4v) is 6.39. The van der Waals surface area contributed by atoms with Gasteiger partial charge in [-0.05, 0) is 23.3 Å². The van der Waals surface area contributed by atoms with Gasteiger partial charge < -0.3 is 0 Å². The van der Waals surface area contributed by atoms with E-state index in [2.05, 4.69) is 12.1 Å². The van der Waals surface area contributed by atoms with Crippen molar-refractivity contribution in [3.05, 3.63) is 59.7 Å². The smallest absolute Gasteiger partial charge is 0.198 e. The Bertz CT molecular complexity index is 760. The summed E-state index contributed by atoms with van der Waals surface area (Å²) in [4.78, 5) is 27.2. The quantitative estimate of drug-likeness (QED) is 0.732. The molecular formula is C18H12O2S2. The van der Waals surface area contributed by atoms with E-state index in [-0.39, 0.29) is 33.9 Å². The zero-order valence-corrected chi connectivity index (χ0v) is 13.2. The molecule has 5 rings (SSSR count). The predicted molar refractivity (Wildman–Crippen MR) is 87.1 cm³/mol. The Labute approximate surface area is 136 Å². The number of hydrogen-bond donors (Lipinski definition) is 0. The van der Waals surface area contributed by atoms with Crippen molar-refractivity contribution < 1.29 is 9.59 Å². The summed E-state index contributed by atoms with van der Waals surface area (Å²) >= 11 is 2.63. The lowest BCUT2D eigenvalue weighted by atomic mass is 9.53. The molecule has 3 aliphatic rings. The lowest BCUT2D eigenvalue weighted by Crippen LogP contribution is -2.52. The largest absolute Gasteiger partial charge is 0.286 e. The predicted octanol–water partition coefficient (Wildman–Crippen LogP) is 4.06. The van der Waals surface area contributed by atoms with E-state index in [1.165, 1.54) is 34.7 Å². The fraction of sp³-hybridized carbons (Fsp3) is 0.222. The summed E-state index contributed by atoms with van der Waals surface area (Å²) in [5.41, 5.74) is 2.49. The second-order valence-electron chi connectivity index (χ2n) is 6.02. The van der Waals surface area contributed by atoms with E-state index in [4.69, 9.17) is 0 Å². The Kier molecular flexibility index (Phi) is 2.65. The second kappa shape index (κ2) is 4.49. The van der Waals surface area contributed by atoms with Crippen molar-refractivity contribution in [3.63, 3.8) is 0 Å². The van der Waals surface area contributed by atoms with E-state index in [0.29, 0.717) is 0 Å². The molecule has 0 radical (unpaired) electrons. The maximum Gasteiger partial charge on any atom is 0.198 e. The maximum absolute atomic E-state index is 12.5. The number of carbonyl (C=O) groups is 2. The van der Waals surface area contributed by atoms with Crippen molar-refractivity contribution >= 4 is 33.8 Å². The standard InChI is InChI=1S/C18H12O2S2/c19-17-15-13(9-5-1-3-7-11(9)21-17)14-10-6-2-4-8-12(10)22-18(20)16(14)15/h1-8,13-16H/t13-,14+,15-,16+. The van der Waals surface area contributed by atoms with Gasteiger partial charge in [0.25, 0.3) is 0 Å². The summed E-state index contributed by atoms with van der Waals surface area (Å²) in [6.45, 7) is 0. The molecule has 0 bridgehead atoms. The average molecular weight is 324 g/mol. The summed E-state index contributed by atoms with van der Waals surface area (Å²) in [6, 6.07) is 16.3. The van der Waals surface area contributed by atoms with Gasteiger partial charge in [-0.2, -0.15) is 0 Å². The van der Waals surface area contributed by atoms with Gasteiger partial charge in [-0.15, -0.1) is 0 Å². The van der Waals surface area contributed by atoms with Gasteiger partial charge in [0, 0.05) is 33.5 Å². The van der Waals surface area contributed by atoms with Crippen LogP contribution in [-0.2, 0) is 9.59 Å². The third-order valence-corrected chi connectivity index (χ3v) is 7.20. The number of rotatable bonds is 0. The Balaban J connectivity index is 1.71. The van der Waals surface area contributed by atoms with Crippen LogP contribution in [0.25, 0.3) is 0 Å². The lowest BCUT2D eigenvalue weighted by Gasteiger charge is -2.54. The molecule has 1 saturated carbocycles. The molecule has 4 atom stereocenters. The van der Waals surface area contributed by atoms with E-state index in [1.807, 2.05) is 36.4 Å². The average Bonchev–Trinajstić information content (AvgIpc) is 2.49. The van der Waals surface area contributed by atoms with Gasteiger partial charge in [-0.3, -0.25) is 9.59 Å². The van der Waals surface area contributed by atoms with Gasteiger partial charge in [0.1, 0.15) is 0 Å². The SMILES string of the molecule is O=C1Sc2ccccc2[C@@H]2[C@H]1[C@@H]1C(=O)Sc3ccccc3[C@@H]12. The first-order chi connectivity index (χ1) is 10.8. The molecular weight excluding hydrogens is 312 g/mol. The third kappa shape index (κ3) is 1.54. The number of benzene rings is 2. The van der Waals surface area contributed by atoms with Crippen LogP contribution < -0.4 is 0 Å². The molecule has 0 aromatic heterocycles. The van der Waals surface area contributed by atoms with Crippen molar-refractivity contribution in [2.75, 3.05) is 0 Å². The van der Waals surface area contributed by atoms with Crippen molar-refractivity contribution in [2.45, 2.75) is 21.6 Å². The van der Waals surface area contributed by atoms with Crippen LogP contribution in [0.1, 0.15) is 23.0 Å². The Morgan fingerprint density at radius 3 is 1.45 bits per heavy atom. The molecule has 2 aliphatic heterocycles. The molecule has 0 amide bonds. The molecule has 22 heavy (non-hydrogen) atoms. The number of hydrogen-bond acceptors (Lipinski definition) is 4. The van der Waals surface area contributed by atoms with Gasteiger partial charge in [0.15, 0.2) is 10.2 Å². The molecule has 2 aromatic rings. The van der Waals surface area contributed by atoms with E-state index in [9.17, 15) is 9.59 Å². The van der Waals surface area contributed by atoms with Crippen molar-refractivity contribution in [1.82, 2.24) is 0 Å². The van der Waals surface area contributed by atoms with E-state index in [0.717, 1.165) is 9.79 Å². The normalized spacial score (nSPS) is 31.5. The van der Waals surface area contributed by atoms with Gasteiger partial charge in [0.2, 0.25) is 0 Å². The first-order valence-electron chi connectivity index (χ1n) is 7.37. The summed E-state index contributed by atoms with van der Waals surface area (Å²) in [5.74, 6) is 0.0541. The van der Waals surface area contributed by atoms with Crippen LogP contribution in [-0.4, -0.2) is 10.2 Å². The van der Waals surface area contributed by atoms with Crippen molar-refractivity contribution in [1.29, 1.82) is 0 Å². The number of fused-ring (bicyclic) bond motifs is 8. The summed E-state index contributed by atoms with van der Waals surface area (Å²) in [5, 5.41) is 0.330. The highest BCUT2D eigenvalue weighted by Gasteiger charge is 2.62. The summed E-state index contributed by atoms with van der Waals surface area (Å²) in [7, 11) is 0. The first kappa shape index (κ1) is 13.0. The minimum atomic E-state index is -0.141. The second-order valence-corrected chi connectivity index (χ2v) is 8.11. The Hall–Kier alpha value is -1.52. The highest BCUT2D eigenvalue weighted by atomic mass is 32.2. The van der Waals surface area contributed by atoms with Crippen LogP contribution in [0.2, 0.25) is 0 Å². The Morgan fingerprint density at radius 2 is 1.00 bits per heavy atom. The van der Waals surface area contributed by atoms with E-state index < -0.39 is 0 Å². The molecule has 1 fully saturated rings. The molecule has 2 nitrogen and oxygen atoms in total. The van der Waals surface area contributed by atoms with Gasteiger partial charge >= 0.3 is 0 Å². The van der Waals surface area contributed by atoms with Crippen LogP contribution in [0, 0.1) is 11.8 Å². The van der Waals surface area contributed by atoms with Gasteiger partial charge in [0.05, 0.1) is 0 Å². The molecule has 2 heterocycles. The molecule has 0 unspecified atom stereocenters. The summed E-state index contributed by atoms with van der Waals surface area (Å²) in [6.07, 6.45) is 0. The van der Waals surface area contributed by atoms with Crippen LogP contribution in [0.3, 0.4) is 0 Å². The van der Waals surface area contributed by atoms with Crippen LogP contribution in [0.15, 0.2) is 58.3 Å². The van der Waals surface area contributed by atoms with Crippen LogP contribution >= 0.6 is 23.5 Å². The molecule has 108 valence electrons. The zero-order chi connectivity index (χ0) is 14.8. The maximum atomic E-state index is 12.5. The highest BCUT2D eigenvalue weighted by molar-refractivity contribution is 8.14. The first-order valence-corrected chi connectivity index (χ1v) is 9.00. The molecule has 0 N–H and O–H groups in total. The molecule has 0 saturated heterocycles. The van der Waals surface area contributed by atoms with Crippen molar-refractivity contribution in [3.8, 4) is 0 Å². The molecule has 0 spiro atoms. The topological polar surface area (TPSA) is 34.1 Å². The van der Waals surface area contributed by atoms with E-state index in [1.54, 1.807) is 0 Å². The Morgan fingerprint density at radius 1 is 0.591 bits per heavy atom. The number of carbonyl (C=O) groups excluding carboxylic acids is 2. The lowest BCUT2D eigenvalue weighted by molar-refractivity contribution is -0.132. The molecule has 1 aliphatic carbocycles. The third-order valence-electron chi connectivity index (χ3n) is 5.07. The monoisotopic (exact) mass is 324 g/mol. The van der Waals surface area contributed by atoms with Crippen molar-refractivity contribution in [2.24, 2.45) is 11.8 Å². The van der Waals surface area contributed by atoms with Crippen LogP contribution in [0.5, 0.6) is 0 Å². The summed E-state index contributed by atoms with van der Waals surface area (Å²) < 4.78 is 0. The number of thioether (sulfide) groups is 2. The van der Waals surface area contributed by atoms with Gasteiger partial charge in [-0.1, -0.05) is 59.9 Å². The van der Waals surface area contributed by atoms with E-state index >= 15 is 0 Å². The van der Waals surface area contributed by atoms with Crippen LogP contribution in [0.4, 0.5) is 0 Å². The molecule has 4 heteroatoms.